The highest BCUT2D eigenvalue weighted by atomic mass is 15.3. The summed E-state index contributed by atoms with van der Waals surface area (Å²) in [5.74, 6) is 0.945. The molecule has 2 rings (SSSR count). The van der Waals surface area contributed by atoms with E-state index >= 15 is 0 Å². The third kappa shape index (κ3) is 4.38. The minimum atomic E-state index is 0.866. The first-order valence-electron chi connectivity index (χ1n) is 7.84. The quantitative estimate of drug-likeness (QED) is 0.357. The van der Waals surface area contributed by atoms with Gasteiger partial charge in [0.15, 0.2) is 5.96 Å². The largest absolute Gasteiger partial charge is 0.358 e. The maximum absolute atomic E-state index is 4.34. The van der Waals surface area contributed by atoms with E-state index in [1.165, 1.54) is 16.6 Å². The van der Waals surface area contributed by atoms with Gasteiger partial charge in [0.1, 0.15) is 0 Å². The first-order chi connectivity index (χ1) is 10.7. The average molecular weight is 298 g/mol. The van der Waals surface area contributed by atoms with Crippen LogP contribution in [0.5, 0.6) is 0 Å². The van der Waals surface area contributed by atoms with Crippen molar-refractivity contribution < 1.29 is 0 Å². The molecule has 1 heterocycles. The number of nitrogens with one attached hydrogen (secondary N) is 2. The van der Waals surface area contributed by atoms with Crippen molar-refractivity contribution in [2.24, 2.45) is 4.99 Å². The van der Waals surface area contributed by atoms with Crippen LogP contribution in [0.2, 0.25) is 0 Å². The van der Waals surface area contributed by atoms with Gasteiger partial charge in [0.05, 0.1) is 0 Å². The van der Waals surface area contributed by atoms with Crippen LogP contribution < -0.4 is 5.32 Å². The molecule has 2 N–H and O–H groups in total. The fourth-order valence-electron chi connectivity index (χ4n) is 2.54. The molecule has 0 amide bonds. The molecule has 0 aliphatic heterocycles. The first kappa shape index (κ1) is 16.1. The van der Waals surface area contributed by atoms with Gasteiger partial charge in [-0.1, -0.05) is 24.3 Å². The number of aliphatic imine (C=N–C) groups is 1. The Morgan fingerprint density at radius 2 is 2.23 bits per heavy atom. The molecule has 0 saturated carbocycles. The van der Waals surface area contributed by atoms with E-state index in [1.54, 1.807) is 0 Å². The van der Waals surface area contributed by atoms with Crippen molar-refractivity contribution in [2.75, 3.05) is 27.2 Å². The monoisotopic (exact) mass is 298 g/mol. The van der Waals surface area contributed by atoms with Crippen molar-refractivity contribution in [1.82, 2.24) is 15.2 Å². The van der Waals surface area contributed by atoms with Gasteiger partial charge >= 0.3 is 0 Å². The van der Waals surface area contributed by atoms with Crippen molar-refractivity contribution >= 4 is 16.9 Å². The van der Waals surface area contributed by atoms with Gasteiger partial charge in [-0.15, -0.1) is 6.58 Å². The van der Waals surface area contributed by atoms with E-state index in [0.29, 0.717) is 0 Å². The minimum Gasteiger partial charge on any atom is -0.358 e. The van der Waals surface area contributed by atoms with Gasteiger partial charge in [-0.05, 0) is 30.4 Å². The third-order valence-electron chi connectivity index (χ3n) is 3.74. The Labute approximate surface area is 132 Å². The molecule has 0 bridgehead atoms. The summed E-state index contributed by atoms with van der Waals surface area (Å²) in [7, 11) is 3.90. The lowest BCUT2D eigenvalue weighted by atomic mass is 10.2. The summed E-state index contributed by atoms with van der Waals surface area (Å²) >= 11 is 0. The summed E-state index contributed by atoms with van der Waals surface area (Å²) in [6, 6.07) is 10.6. The summed E-state index contributed by atoms with van der Waals surface area (Å²) in [5, 5.41) is 4.69. The molecule has 22 heavy (non-hydrogen) atoms. The van der Waals surface area contributed by atoms with E-state index in [2.05, 4.69) is 64.2 Å². The maximum Gasteiger partial charge on any atom is 0.193 e. The molecule has 0 fully saturated rings. The molecular formula is C18H26N4. The van der Waals surface area contributed by atoms with Crippen LogP contribution >= 0.6 is 0 Å². The average Bonchev–Trinajstić information content (AvgIpc) is 2.94. The number of hydrogen-bond donors (Lipinski definition) is 2. The molecule has 0 unspecified atom stereocenters. The lowest BCUT2D eigenvalue weighted by molar-refractivity contribution is 0.470. The summed E-state index contributed by atoms with van der Waals surface area (Å²) in [5.41, 5.74) is 2.45. The van der Waals surface area contributed by atoms with Gasteiger partial charge in [-0.25, -0.2) is 0 Å². The number of aromatic nitrogens is 1. The number of guanidine groups is 1. The van der Waals surface area contributed by atoms with E-state index in [-0.39, 0.29) is 0 Å². The topological polar surface area (TPSA) is 43.4 Å². The summed E-state index contributed by atoms with van der Waals surface area (Å²) in [6.45, 7) is 5.61. The Morgan fingerprint density at radius 1 is 1.41 bits per heavy atom. The molecule has 0 atom stereocenters. The van der Waals surface area contributed by atoms with Gasteiger partial charge < -0.3 is 15.2 Å². The molecule has 0 aliphatic carbocycles. The molecule has 0 saturated heterocycles. The number of para-hydroxylation sites is 1. The number of allylic oxidation sites excluding steroid dienone is 1. The van der Waals surface area contributed by atoms with Crippen LogP contribution in [0.25, 0.3) is 10.9 Å². The van der Waals surface area contributed by atoms with Gasteiger partial charge in [0.25, 0.3) is 0 Å². The van der Waals surface area contributed by atoms with Crippen LogP contribution in [0.15, 0.2) is 48.0 Å². The van der Waals surface area contributed by atoms with E-state index in [1.807, 2.05) is 13.1 Å². The van der Waals surface area contributed by atoms with Gasteiger partial charge in [0, 0.05) is 44.8 Å². The van der Waals surface area contributed by atoms with Gasteiger partial charge in [-0.3, -0.25) is 4.99 Å². The number of benzene rings is 1. The standard InChI is InChI=1S/C18H26N4/c1-4-5-8-13-22(3)18(19-2)20-12-11-16-14-15-9-6-7-10-17(15)21-16/h4,6-7,9-10,14,21H,1,5,8,11-13H2,2-3H3,(H,19,20). The van der Waals surface area contributed by atoms with Crippen molar-refractivity contribution in [2.45, 2.75) is 19.3 Å². The Morgan fingerprint density at radius 3 is 2.95 bits per heavy atom. The van der Waals surface area contributed by atoms with Crippen LogP contribution in [-0.2, 0) is 6.42 Å². The lowest BCUT2D eigenvalue weighted by Crippen LogP contribution is -2.40. The molecule has 0 radical (unpaired) electrons. The zero-order chi connectivity index (χ0) is 15.8. The molecule has 0 spiro atoms. The Kier molecular flexibility index (Phi) is 6.07. The number of rotatable bonds is 7. The Hall–Kier alpha value is -2.23. The van der Waals surface area contributed by atoms with E-state index in [0.717, 1.165) is 38.3 Å². The maximum atomic E-state index is 4.34. The van der Waals surface area contributed by atoms with Crippen LogP contribution in [0, 0.1) is 0 Å². The normalized spacial score (nSPS) is 11.6. The molecule has 0 aliphatic rings. The van der Waals surface area contributed by atoms with Crippen LogP contribution in [0.4, 0.5) is 0 Å². The number of H-pyrrole nitrogens is 1. The van der Waals surface area contributed by atoms with E-state index in [4.69, 9.17) is 0 Å². The molecule has 4 heteroatoms. The van der Waals surface area contributed by atoms with E-state index < -0.39 is 0 Å². The van der Waals surface area contributed by atoms with Crippen LogP contribution in [0.1, 0.15) is 18.5 Å². The van der Waals surface area contributed by atoms with Crippen molar-refractivity contribution in [3.05, 3.63) is 48.7 Å². The molecule has 1 aromatic carbocycles. The number of aromatic amines is 1. The number of hydrogen-bond acceptors (Lipinski definition) is 1. The minimum absolute atomic E-state index is 0.866. The van der Waals surface area contributed by atoms with E-state index in [9.17, 15) is 0 Å². The third-order valence-corrected chi connectivity index (χ3v) is 3.74. The highest BCUT2D eigenvalue weighted by molar-refractivity contribution is 5.80. The lowest BCUT2D eigenvalue weighted by Gasteiger charge is -2.21. The highest BCUT2D eigenvalue weighted by Gasteiger charge is 2.05. The van der Waals surface area contributed by atoms with Crippen molar-refractivity contribution in [3.63, 3.8) is 0 Å². The summed E-state index contributed by atoms with van der Waals surface area (Å²) in [6.07, 6.45) is 5.05. The zero-order valence-electron chi connectivity index (χ0n) is 13.6. The van der Waals surface area contributed by atoms with Crippen molar-refractivity contribution in [1.29, 1.82) is 0 Å². The Balaban J connectivity index is 1.82. The number of nitrogens with zero attached hydrogens (tertiary/aromatic N) is 2. The predicted octanol–water partition coefficient (Wildman–Crippen LogP) is 3.18. The van der Waals surface area contributed by atoms with Gasteiger partial charge in [-0.2, -0.15) is 0 Å². The molecule has 2 aromatic rings. The second kappa shape index (κ2) is 8.27. The molecule has 1 aromatic heterocycles. The highest BCUT2D eigenvalue weighted by Crippen LogP contribution is 2.14. The van der Waals surface area contributed by atoms with Crippen LogP contribution in [-0.4, -0.2) is 43.0 Å². The summed E-state index contributed by atoms with van der Waals surface area (Å²) < 4.78 is 0. The second-order valence-corrected chi connectivity index (χ2v) is 5.46. The Bertz CT molecular complexity index is 594. The number of fused-ring (bicyclic) bond motifs is 1. The number of unbranched alkanes of at least 4 members (excludes halogenated alkanes) is 1. The van der Waals surface area contributed by atoms with Crippen LogP contribution in [0.3, 0.4) is 0 Å². The predicted molar refractivity (Wildman–Crippen MR) is 95.4 cm³/mol. The smallest absolute Gasteiger partial charge is 0.193 e. The van der Waals surface area contributed by atoms with Crippen molar-refractivity contribution in [3.8, 4) is 0 Å². The fourth-order valence-corrected chi connectivity index (χ4v) is 2.54. The fraction of sp³-hybridized carbons (Fsp3) is 0.389. The molecular weight excluding hydrogens is 272 g/mol. The molecule has 118 valence electrons. The first-order valence-corrected chi connectivity index (χ1v) is 7.84. The SMILES string of the molecule is C=CCCCN(C)C(=NC)NCCc1cc2ccccc2[nH]1. The van der Waals surface area contributed by atoms with Gasteiger partial charge in [0.2, 0.25) is 0 Å². The summed E-state index contributed by atoms with van der Waals surface area (Å²) in [4.78, 5) is 9.95. The zero-order valence-corrected chi connectivity index (χ0v) is 13.6. The second-order valence-electron chi connectivity index (χ2n) is 5.46. The molecule has 4 nitrogen and oxygen atoms in total.